The van der Waals surface area contributed by atoms with E-state index in [1.165, 1.54) is 0 Å². The van der Waals surface area contributed by atoms with E-state index >= 15 is 0 Å². The highest BCUT2D eigenvalue weighted by Gasteiger charge is 2.15. The molecule has 48 valence electrons. The van der Waals surface area contributed by atoms with Crippen molar-refractivity contribution >= 4 is 5.91 Å². The van der Waals surface area contributed by atoms with Gasteiger partial charge in [-0.2, -0.15) is 0 Å². The summed E-state index contributed by atoms with van der Waals surface area (Å²) in [5.41, 5.74) is 3.32. The van der Waals surface area contributed by atoms with Crippen molar-refractivity contribution in [2.24, 2.45) is 11.8 Å². The molecule has 0 aromatic heterocycles. The van der Waals surface area contributed by atoms with Gasteiger partial charge in [0.05, 0.1) is 5.92 Å². The van der Waals surface area contributed by atoms with Gasteiger partial charge in [-0.05, 0) is 12.8 Å². The molecule has 0 aromatic rings. The SMILES string of the molecule is CC(C)C(C)C([NH3+])=O. The molecule has 0 aromatic carbocycles. The first-order chi connectivity index (χ1) is 3.55. The Hall–Kier alpha value is -0.370. The minimum absolute atomic E-state index is 0.0417. The van der Waals surface area contributed by atoms with Gasteiger partial charge in [0.15, 0.2) is 0 Å². The largest absolute Gasteiger partial charge is 0.311 e. The van der Waals surface area contributed by atoms with Crippen LogP contribution >= 0.6 is 0 Å². The summed E-state index contributed by atoms with van der Waals surface area (Å²) >= 11 is 0. The molecule has 0 radical (unpaired) electrons. The van der Waals surface area contributed by atoms with Crippen LogP contribution in [0.15, 0.2) is 0 Å². The van der Waals surface area contributed by atoms with Crippen LogP contribution in [-0.2, 0) is 4.79 Å². The maximum absolute atomic E-state index is 10.5. The number of rotatable bonds is 2. The zero-order chi connectivity index (χ0) is 6.73. The molecular formula is C6H14NO+. The smallest absolute Gasteiger partial charge is 0.294 e. The molecule has 0 heterocycles. The van der Waals surface area contributed by atoms with Crippen LogP contribution in [0.4, 0.5) is 0 Å². The molecule has 0 aliphatic rings. The van der Waals surface area contributed by atoms with Crippen molar-refractivity contribution in [3.63, 3.8) is 0 Å². The molecule has 1 unspecified atom stereocenters. The monoisotopic (exact) mass is 116 g/mol. The Bertz CT molecular complexity index is 88.5. The summed E-state index contributed by atoms with van der Waals surface area (Å²) in [5, 5.41) is 0. The Balaban J connectivity index is 3.64. The predicted molar refractivity (Wildman–Crippen MR) is 31.9 cm³/mol. The second kappa shape index (κ2) is 2.82. The van der Waals surface area contributed by atoms with Crippen LogP contribution in [0.1, 0.15) is 20.8 Å². The lowest BCUT2D eigenvalue weighted by atomic mass is 9.98. The lowest BCUT2D eigenvalue weighted by molar-refractivity contribution is -0.312. The predicted octanol–water partition coefficient (Wildman–Crippen LogP) is 0.0470. The average Bonchev–Trinajstić information content (AvgIpc) is 1.64. The second-order valence-electron chi connectivity index (χ2n) is 2.50. The highest BCUT2D eigenvalue weighted by molar-refractivity contribution is 5.67. The summed E-state index contributed by atoms with van der Waals surface area (Å²) in [4.78, 5) is 10.5. The highest BCUT2D eigenvalue weighted by Crippen LogP contribution is 2.06. The zero-order valence-electron chi connectivity index (χ0n) is 5.77. The summed E-state index contributed by atoms with van der Waals surface area (Å²) in [6, 6.07) is 0. The van der Waals surface area contributed by atoms with E-state index in [4.69, 9.17) is 0 Å². The molecule has 8 heavy (non-hydrogen) atoms. The fourth-order valence-corrected chi connectivity index (χ4v) is 0.372. The topological polar surface area (TPSA) is 44.7 Å². The van der Waals surface area contributed by atoms with E-state index in [1.54, 1.807) is 0 Å². The van der Waals surface area contributed by atoms with Gasteiger partial charge in [-0.3, -0.25) is 5.73 Å². The first-order valence-corrected chi connectivity index (χ1v) is 2.91. The molecule has 2 nitrogen and oxygen atoms in total. The normalized spacial score (nSPS) is 14.1. The Morgan fingerprint density at radius 1 is 1.38 bits per heavy atom. The van der Waals surface area contributed by atoms with E-state index in [0.717, 1.165) is 0 Å². The van der Waals surface area contributed by atoms with E-state index in [1.807, 2.05) is 20.8 Å². The molecule has 0 aliphatic heterocycles. The standard InChI is InChI=1S/C6H13NO/c1-4(2)5(3)6(7)8/h4-5H,1-3H3,(H2,7,8)/p+1. The van der Waals surface area contributed by atoms with Gasteiger partial charge in [-0.1, -0.05) is 13.8 Å². The summed E-state index contributed by atoms with van der Waals surface area (Å²) < 4.78 is 0. The van der Waals surface area contributed by atoms with E-state index in [9.17, 15) is 4.79 Å². The lowest BCUT2D eigenvalue weighted by Crippen LogP contribution is -2.60. The summed E-state index contributed by atoms with van der Waals surface area (Å²) in [7, 11) is 0. The quantitative estimate of drug-likeness (QED) is 0.544. The van der Waals surface area contributed by atoms with Crippen molar-refractivity contribution in [2.75, 3.05) is 0 Å². The third-order valence-electron chi connectivity index (χ3n) is 1.51. The van der Waals surface area contributed by atoms with Gasteiger partial charge in [0.1, 0.15) is 0 Å². The van der Waals surface area contributed by atoms with Crippen LogP contribution in [0.3, 0.4) is 0 Å². The third-order valence-corrected chi connectivity index (χ3v) is 1.51. The van der Waals surface area contributed by atoms with Gasteiger partial charge >= 0.3 is 5.91 Å². The fourth-order valence-electron chi connectivity index (χ4n) is 0.372. The van der Waals surface area contributed by atoms with Crippen LogP contribution in [0.25, 0.3) is 0 Å². The second-order valence-corrected chi connectivity index (χ2v) is 2.50. The molecule has 0 spiro atoms. The highest BCUT2D eigenvalue weighted by atomic mass is 16.1. The molecule has 1 atom stereocenters. The first-order valence-electron chi connectivity index (χ1n) is 2.91. The Labute approximate surface area is 50.1 Å². The lowest BCUT2D eigenvalue weighted by Gasteiger charge is -2.06. The van der Waals surface area contributed by atoms with Crippen LogP contribution in [-0.4, -0.2) is 5.91 Å². The van der Waals surface area contributed by atoms with Gasteiger partial charge in [0.25, 0.3) is 0 Å². The fraction of sp³-hybridized carbons (Fsp3) is 0.833. The van der Waals surface area contributed by atoms with Gasteiger partial charge in [0, 0.05) is 0 Å². The maximum atomic E-state index is 10.5. The van der Waals surface area contributed by atoms with Crippen molar-refractivity contribution in [1.82, 2.24) is 0 Å². The number of hydrogen-bond donors (Lipinski definition) is 1. The van der Waals surface area contributed by atoms with Crippen molar-refractivity contribution in [3.8, 4) is 0 Å². The number of carbonyl (C=O) groups excluding carboxylic acids is 1. The number of quaternary nitrogens is 1. The molecule has 1 amide bonds. The Kier molecular flexibility index (Phi) is 2.69. The van der Waals surface area contributed by atoms with Crippen molar-refractivity contribution in [2.45, 2.75) is 20.8 Å². The van der Waals surface area contributed by atoms with E-state index in [0.29, 0.717) is 5.92 Å². The van der Waals surface area contributed by atoms with Gasteiger partial charge in [-0.15, -0.1) is 0 Å². The van der Waals surface area contributed by atoms with Crippen LogP contribution in [0.2, 0.25) is 0 Å². The van der Waals surface area contributed by atoms with Crippen LogP contribution < -0.4 is 5.73 Å². The number of amides is 1. The molecule has 3 N–H and O–H groups in total. The van der Waals surface area contributed by atoms with E-state index in [-0.39, 0.29) is 11.8 Å². The summed E-state index contributed by atoms with van der Waals surface area (Å²) in [6.07, 6.45) is 0. The summed E-state index contributed by atoms with van der Waals surface area (Å²) in [5.74, 6) is 0.593. The van der Waals surface area contributed by atoms with Crippen LogP contribution in [0.5, 0.6) is 0 Å². The first kappa shape index (κ1) is 7.63. The van der Waals surface area contributed by atoms with Crippen molar-refractivity contribution in [3.05, 3.63) is 0 Å². The minimum atomic E-state index is 0.0417. The Morgan fingerprint density at radius 3 is 1.75 bits per heavy atom. The molecule has 0 saturated heterocycles. The average molecular weight is 116 g/mol. The summed E-state index contributed by atoms with van der Waals surface area (Å²) in [6.45, 7) is 5.95. The Morgan fingerprint density at radius 2 is 1.75 bits per heavy atom. The minimum Gasteiger partial charge on any atom is -0.294 e. The molecule has 0 saturated carbocycles. The van der Waals surface area contributed by atoms with Crippen molar-refractivity contribution in [1.29, 1.82) is 0 Å². The van der Waals surface area contributed by atoms with E-state index < -0.39 is 0 Å². The van der Waals surface area contributed by atoms with E-state index in [2.05, 4.69) is 5.73 Å². The maximum Gasteiger partial charge on any atom is 0.311 e. The van der Waals surface area contributed by atoms with Crippen LogP contribution in [0, 0.1) is 11.8 Å². The van der Waals surface area contributed by atoms with Gasteiger partial charge in [-0.25, -0.2) is 4.79 Å². The van der Waals surface area contributed by atoms with Gasteiger partial charge in [0.2, 0.25) is 0 Å². The molecular weight excluding hydrogens is 102 g/mol. The molecule has 0 aliphatic carbocycles. The molecule has 0 bridgehead atoms. The molecule has 2 heteroatoms. The number of carbonyl (C=O) groups is 1. The van der Waals surface area contributed by atoms with Gasteiger partial charge < -0.3 is 0 Å². The third kappa shape index (κ3) is 2.07. The van der Waals surface area contributed by atoms with Crippen molar-refractivity contribution < 1.29 is 10.5 Å². The number of hydrogen-bond acceptors (Lipinski definition) is 1. The molecule has 0 fully saturated rings. The zero-order valence-corrected chi connectivity index (χ0v) is 5.77. The molecule has 0 rings (SSSR count).